The van der Waals surface area contributed by atoms with Gasteiger partial charge in [0, 0.05) is 11.6 Å². The van der Waals surface area contributed by atoms with Crippen LogP contribution < -0.4 is 14.2 Å². The van der Waals surface area contributed by atoms with Gasteiger partial charge in [-0.2, -0.15) is 0 Å². The lowest BCUT2D eigenvalue weighted by Gasteiger charge is -2.09. The molecule has 2 aromatic carbocycles. The molecule has 0 aliphatic carbocycles. The van der Waals surface area contributed by atoms with Crippen LogP contribution in [-0.4, -0.2) is 26.0 Å². The van der Waals surface area contributed by atoms with Crippen LogP contribution in [0.25, 0.3) is 6.08 Å². The molecule has 0 N–H and O–H groups in total. The van der Waals surface area contributed by atoms with Gasteiger partial charge in [0.15, 0.2) is 11.5 Å². The molecular formula is C19H18O5. The number of esters is 1. The van der Waals surface area contributed by atoms with E-state index < -0.39 is 5.97 Å². The Morgan fingerprint density at radius 1 is 1.08 bits per heavy atom. The van der Waals surface area contributed by atoms with Crippen molar-refractivity contribution >= 4 is 18.3 Å². The maximum absolute atomic E-state index is 11.9. The fraction of sp³-hybridized carbons (Fsp3) is 0.158. The molecule has 0 saturated carbocycles. The van der Waals surface area contributed by atoms with Crippen LogP contribution in [0.4, 0.5) is 0 Å². The summed E-state index contributed by atoms with van der Waals surface area (Å²) in [6.07, 6.45) is 3.62. The highest BCUT2D eigenvalue weighted by Crippen LogP contribution is 2.28. The molecule has 24 heavy (non-hydrogen) atoms. The van der Waals surface area contributed by atoms with Crippen LogP contribution >= 0.6 is 0 Å². The summed E-state index contributed by atoms with van der Waals surface area (Å²) < 4.78 is 15.9. The van der Waals surface area contributed by atoms with Crippen molar-refractivity contribution in [2.45, 2.75) is 6.92 Å². The summed E-state index contributed by atoms with van der Waals surface area (Å²) in [6, 6.07) is 11.7. The van der Waals surface area contributed by atoms with Crippen molar-refractivity contribution in [3.8, 4) is 17.2 Å². The van der Waals surface area contributed by atoms with Gasteiger partial charge < -0.3 is 14.2 Å². The number of hydrogen-bond acceptors (Lipinski definition) is 5. The van der Waals surface area contributed by atoms with Crippen molar-refractivity contribution in [1.29, 1.82) is 0 Å². The van der Waals surface area contributed by atoms with E-state index in [0.29, 0.717) is 35.7 Å². The first-order valence-corrected chi connectivity index (χ1v) is 7.42. The predicted octanol–water partition coefficient (Wildman–Crippen LogP) is 3.53. The summed E-state index contributed by atoms with van der Waals surface area (Å²) in [5, 5.41) is 0. The second-order valence-electron chi connectivity index (χ2n) is 4.79. The standard InChI is InChI=1S/C19H18O5/c1-3-23-17-9-7-14(12-18(17)22-2)8-10-19(21)24-16-6-4-5-15(11-16)13-20/h4-13H,3H2,1-2H3/b10-8+. The summed E-state index contributed by atoms with van der Waals surface area (Å²) in [5.41, 5.74) is 1.22. The van der Waals surface area contributed by atoms with Crippen LogP contribution in [0.3, 0.4) is 0 Å². The summed E-state index contributed by atoms with van der Waals surface area (Å²) >= 11 is 0. The molecule has 0 aromatic heterocycles. The van der Waals surface area contributed by atoms with Crippen molar-refractivity contribution in [2.75, 3.05) is 13.7 Å². The molecule has 0 aliphatic rings. The molecule has 0 atom stereocenters. The number of benzene rings is 2. The zero-order chi connectivity index (χ0) is 17.4. The molecule has 0 heterocycles. The minimum absolute atomic E-state index is 0.318. The van der Waals surface area contributed by atoms with Crippen LogP contribution in [0.15, 0.2) is 48.5 Å². The Labute approximate surface area is 140 Å². The fourth-order valence-corrected chi connectivity index (χ4v) is 2.03. The SMILES string of the molecule is CCOc1ccc(/C=C/C(=O)Oc2cccc(C=O)c2)cc1OC. The first-order chi connectivity index (χ1) is 11.7. The zero-order valence-electron chi connectivity index (χ0n) is 13.5. The van der Waals surface area contributed by atoms with Crippen LogP contribution in [-0.2, 0) is 4.79 Å². The van der Waals surface area contributed by atoms with Gasteiger partial charge in [0.1, 0.15) is 12.0 Å². The lowest BCUT2D eigenvalue weighted by atomic mass is 10.2. The Kier molecular flexibility index (Phi) is 6.14. The first kappa shape index (κ1) is 17.3. The average molecular weight is 326 g/mol. The van der Waals surface area contributed by atoms with Gasteiger partial charge in [-0.25, -0.2) is 4.79 Å². The van der Waals surface area contributed by atoms with Crippen molar-refractivity contribution < 1.29 is 23.8 Å². The summed E-state index contributed by atoms with van der Waals surface area (Å²) in [6.45, 7) is 2.43. The van der Waals surface area contributed by atoms with Crippen molar-refractivity contribution in [3.63, 3.8) is 0 Å². The number of rotatable bonds is 7. The quantitative estimate of drug-likeness (QED) is 0.337. The molecule has 0 aliphatic heterocycles. The topological polar surface area (TPSA) is 61.8 Å². The molecule has 2 aromatic rings. The molecule has 5 heteroatoms. The van der Waals surface area contributed by atoms with Gasteiger partial charge >= 0.3 is 5.97 Å². The largest absolute Gasteiger partial charge is 0.493 e. The molecule has 2 rings (SSSR count). The Balaban J connectivity index is 2.06. The third-order valence-corrected chi connectivity index (χ3v) is 3.11. The molecule has 124 valence electrons. The molecule has 0 amide bonds. The number of aldehydes is 1. The minimum Gasteiger partial charge on any atom is -0.493 e. The Morgan fingerprint density at radius 2 is 1.92 bits per heavy atom. The Morgan fingerprint density at radius 3 is 2.62 bits per heavy atom. The summed E-state index contributed by atoms with van der Waals surface area (Å²) in [4.78, 5) is 22.6. The lowest BCUT2D eigenvalue weighted by Crippen LogP contribution is -2.03. The first-order valence-electron chi connectivity index (χ1n) is 7.42. The van der Waals surface area contributed by atoms with E-state index in [-0.39, 0.29) is 0 Å². The maximum Gasteiger partial charge on any atom is 0.336 e. The minimum atomic E-state index is -0.536. The van der Waals surface area contributed by atoms with E-state index >= 15 is 0 Å². The number of carbonyl (C=O) groups is 2. The zero-order valence-corrected chi connectivity index (χ0v) is 13.5. The number of carbonyl (C=O) groups excluding carboxylic acids is 2. The molecular weight excluding hydrogens is 308 g/mol. The second-order valence-corrected chi connectivity index (χ2v) is 4.79. The highest BCUT2D eigenvalue weighted by atomic mass is 16.5. The number of ether oxygens (including phenoxy) is 3. The van der Waals surface area contributed by atoms with Crippen molar-refractivity contribution in [3.05, 3.63) is 59.7 Å². The third-order valence-electron chi connectivity index (χ3n) is 3.11. The molecule has 0 unspecified atom stereocenters. The van der Waals surface area contributed by atoms with E-state index in [2.05, 4.69) is 0 Å². The molecule has 0 radical (unpaired) electrons. The van der Waals surface area contributed by atoms with Gasteiger partial charge in [0.05, 0.1) is 13.7 Å². The van der Waals surface area contributed by atoms with Gasteiger partial charge in [-0.05, 0) is 42.8 Å². The molecule has 0 fully saturated rings. The Bertz CT molecular complexity index is 749. The van der Waals surface area contributed by atoms with Gasteiger partial charge in [-0.3, -0.25) is 4.79 Å². The van der Waals surface area contributed by atoms with Crippen LogP contribution in [0, 0.1) is 0 Å². The number of hydrogen-bond donors (Lipinski definition) is 0. The highest BCUT2D eigenvalue weighted by molar-refractivity contribution is 5.89. The highest BCUT2D eigenvalue weighted by Gasteiger charge is 2.05. The van der Waals surface area contributed by atoms with E-state index in [1.807, 2.05) is 13.0 Å². The molecule has 5 nitrogen and oxygen atoms in total. The smallest absolute Gasteiger partial charge is 0.336 e. The van der Waals surface area contributed by atoms with E-state index in [1.165, 1.54) is 12.1 Å². The summed E-state index contributed by atoms with van der Waals surface area (Å²) in [5.74, 6) is 1.01. The van der Waals surface area contributed by atoms with Gasteiger partial charge in [0.25, 0.3) is 0 Å². The van der Waals surface area contributed by atoms with Gasteiger partial charge in [-0.1, -0.05) is 18.2 Å². The third kappa shape index (κ3) is 4.71. The van der Waals surface area contributed by atoms with Crippen LogP contribution in [0.5, 0.6) is 17.2 Å². The summed E-state index contributed by atoms with van der Waals surface area (Å²) in [7, 11) is 1.56. The molecule has 0 saturated heterocycles. The maximum atomic E-state index is 11.9. The Hall–Kier alpha value is -3.08. The fourth-order valence-electron chi connectivity index (χ4n) is 2.03. The van der Waals surface area contributed by atoms with E-state index in [1.54, 1.807) is 43.5 Å². The van der Waals surface area contributed by atoms with Gasteiger partial charge in [-0.15, -0.1) is 0 Å². The normalized spacial score (nSPS) is 10.4. The van der Waals surface area contributed by atoms with Crippen LogP contribution in [0.1, 0.15) is 22.8 Å². The van der Waals surface area contributed by atoms with Gasteiger partial charge in [0.2, 0.25) is 0 Å². The van der Waals surface area contributed by atoms with E-state index in [4.69, 9.17) is 14.2 Å². The molecule has 0 bridgehead atoms. The lowest BCUT2D eigenvalue weighted by molar-refractivity contribution is -0.128. The van der Waals surface area contributed by atoms with Crippen molar-refractivity contribution in [1.82, 2.24) is 0 Å². The van der Waals surface area contributed by atoms with E-state index in [9.17, 15) is 9.59 Å². The number of methoxy groups -OCH3 is 1. The monoisotopic (exact) mass is 326 g/mol. The van der Waals surface area contributed by atoms with Crippen LogP contribution in [0.2, 0.25) is 0 Å². The molecule has 0 spiro atoms. The predicted molar refractivity (Wildman–Crippen MR) is 90.7 cm³/mol. The average Bonchev–Trinajstić information content (AvgIpc) is 2.61. The second kappa shape index (κ2) is 8.53. The van der Waals surface area contributed by atoms with E-state index in [0.717, 1.165) is 5.56 Å². The van der Waals surface area contributed by atoms with Crippen molar-refractivity contribution in [2.24, 2.45) is 0 Å².